The highest BCUT2D eigenvalue weighted by Gasteiger charge is 2.00. The summed E-state index contributed by atoms with van der Waals surface area (Å²) in [6.07, 6.45) is 1.76. The first-order valence-electron chi connectivity index (χ1n) is 4.30. The van der Waals surface area contributed by atoms with Gasteiger partial charge in [0.1, 0.15) is 5.82 Å². The van der Waals surface area contributed by atoms with Gasteiger partial charge in [0.15, 0.2) is 0 Å². The Labute approximate surface area is 93.1 Å². The quantitative estimate of drug-likeness (QED) is 0.852. The summed E-state index contributed by atoms with van der Waals surface area (Å²) < 4.78 is 14.5. The summed E-state index contributed by atoms with van der Waals surface area (Å²) >= 11 is 0. The van der Waals surface area contributed by atoms with Gasteiger partial charge in [0.05, 0.1) is 11.4 Å². The van der Waals surface area contributed by atoms with Gasteiger partial charge in [0.2, 0.25) is 0 Å². The first-order valence-corrected chi connectivity index (χ1v) is 4.30. The second-order valence-corrected chi connectivity index (χ2v) is 2.94. The summed E-state index contributed by atoms with van der Waals surface area (Å²) in [6, 6.07) is 8.07. The lowest BCUT2D eigenvalue weighted by Crippen LogP contribution is -2.00. The number of aromatic nitrogens is 2. The van der Waals surface area contributed by atoms with E-state index < -0.39 is 0 Å². The van der Waals surface area contributed by atoms with Crippen molar-refractivity contribution in [2.75, 3.05) is 0 Å². The predicted molar refractivity (Wildman–Crippen MR) is 58.7 cm³/mol. The van der Waals surface area contributed by atoms with E-state index in [2.05, 4.69) is 5.10 Å². The van der Waals surface area contributed by atoms with Crippen LogP contribution in [0.2, 0.25) is 0 Å². The predicted octanol–water partition coefficient (Wildman–Crippen LogP) is 1.89. The van der Waals surface area contributed by atoms with E-state index in [0.717, 1.165) is 5.69 Å². The van der Waals surface area contributed by atoms with Crippen molar-refractivity contribution in [2.45, 2.75) is 6.54 Å². The zero-order chi connectivity index (χ0) is 9.97. The molecule has 0 aliphatic carbocycles. The van der Waals surface area contributed by atoms with E-state index in [9.17, 15) is 4.39 Å². The summed E-state index contributed by atoms with van der Waals surface area (Å²) in [5.74, 6) is -0.271. The number of halogens is 2. The standard InChI is InChI=1S/C10H10FN3.ClH/c11-8-2-1-3-10(6-8)14-5-4-9(7-12)13-14;/h1-6H,7,12H2;1H. The van der Waals surface area contributed by atoms with Crippen molar-refractivity contribution in [1.29, 1.82) is 0 Å². The van der Waals surface area contributed by atoms with Crippen molar-refractivity contribution in [1.82, 2.24) is 9.78 Å². The normalized spacial score (nSPS) is 9.73. The van der Waals surface area contributed by atoms with E-state index in [0.29, 0.717) is 12.2 Å². The highest BCUT2D eigenvalue weighted by molar-refractivity contribution is 5.85. The van der Waals surface area contributed by atoms with Gasteiger partial charge in [-0.3, -0.25) is 0 Å². The summed E-state index contributed by atoms with van der Waals surface area (Å²) in [4.78, 5) is 0. The molecule has 0 saturated heterocycles. The second-order valence-electron chi connectivity index (χ2n) is 2.94. The van der Waals surface area contributed by atoms with Crippen LogP contribution in [-0.2, 0) is 6.54 Å². The summed E-state index contributed by atoms with van der Waals surface area (Å²) in [5.41, 5.74) is 6.91. The van der Waals surface area contributed by atoms with Gasteiger partial charge in [-0.25, -0.2) is 9.07 Å². The van der Waals surface area contributed by atoms with Crippen LogP contribution in [0, 0.1) is 5.82 Å². The van der Waals surface area contributed by atoms with Crippen LogP contribution in [0.5, 0.6) is 0 Å². The second kappa shape index (κ2) is 4.91. The van der Waals surface area contributed by atoms with Crippen LogP contribution in [0.15, 0.2) is 36.5 Å². The maximum Gasteiger partial charge on any atom is 0.125 e. The summed E-state index contributed by atoms with van der Waals surface area (Å²) in [7, 11) is 0. The molecule has 0 spiro atoms. The minimum atomic E-state index is -0.271. The number of hydrogen-bond donors (Lipinski definition) is 1. The average Bonchev–Trinajstić information content (AvgIpc) is 2.66. The monoisotopic (exact) mass is 227 g/mol. The molecule has 80 valence electrons. The SMILES string of the molecule is Cl.NCc1ccn(-c2cccc(F)c2)n1. The van der Waals surface area contributed by atoms with Crippen molar-refractivity contribution >= 4 is 12.4 Å². The Kier molecular flexibility index (Phi) is 3.82. The van der Waals surface area contributed by atoms with Crippen LogP contribution in [0.3, 0.4) is 0 Å². The molecule has 0 bridgehead atoms. The zero-order valence-electron chi connectivity index (χ0n) is 7.93. The van der Waals surface area contributed by atoms with Gasteiger partial charge in [-0.05, 0) is 24.3 Å². The fraction of sp³-hybridized carbons (Fsp3) is 0.100. The molecular formula is C10H11ClFN3. The Morgan fingerprint density at radius 3 is 2.73 bits per heavy atom. The van der Waals surface area contributed by atoms with Crippen molar-refractivity contribution in [3.05, 3.63) is 48.0 Å². The third-order valence-electron chi connectivity index (χ3n) is 1.93. The van der Waals surface area contributed by atoms with Crippen LogP contribution >= 0.6 is 12.4 Å². The molecule has 0 fully saturated rings. The van der Waals surface area contributed by atoms with Gasteiger partial charge in [0, 0.05) is 12.7 Å². The molecule has 3 nitrogen and oxygen atoms in total. The molecule has 1 aromatic carbocycles. The molecule has 0 aliphatic rings. The number of hydrogen-bond acceptors (Lipinski definition) is 2. The fourth-order valence-corrected chi connectivity index (χ4v) is 1.23. The highest BCUT2D eigenvalue weighted by atomic mass is 35.5. The third kappa shape index (κ3) is 2.55. The molecule has 0 amide bonds. The van der Waals surface area contributed by atoms with Crippen molar-refractivity contribution in [2.24, 2.45) is 5.73 Å². The smallest absolute Gasteiger partial charge is 0.125 e. The van der Waals surface area contributed by atoms with Gasteiger partial charge >= 0.3 is 0 Å². The van der Waals surface area contributed by atoms with E-state index in [1.807, 2.05) is 6.07 Å². The lowest BCUT2D eigenvalue weighted by molar-refractivity contribution is 0.625. The maximum atomic E-state index is 12.9. The highest BCUT2D eigenvalue weighted by Crippen LogP contribution is 2.09. The fourth-order valence-electron chi connectivity index (χ4n) is 1.23. The Morgan fingerprint density at radius 2 is 2.13 bits per heavy atom. The molecule has 0 radical (unpaired) electrons. The average molecular weight is 228 g/mol. The first-order chi connectivity index (χ1) is 6.79. The molecule has 2 aromatic rings. The first kappa shape index (κ1) is 11.7. The number of rotatable bonds is 2. The molecular weight excluding hydrogens is 217 g/mol. The lowest BCUT2D eigenvalue weighted by atomic mass is 10.3. The molecule has 1 heterocycles. The molecule has 5 heteroatoms. The van der Waals surface area contributed by atoms with Crippen LogP contribution in [0.1, 0.15) is 5.69 Å². The minimum Gasteiger partial charge on any atom is -0.325 e. The molecule has 0 aliphatic heterocycles. The zero-order valence-corrected chi connectivity index (χ0v) is 8.75. The molecule has 2 N–H and O–H groups in total. The molecule has 0 atom stereocenters. The summed E-state index contributed by atoms with van der Waals surface area (Å²) in [6.45, 7) is 0.391. The molecule has 0 unspecified atom stereocenters. The van der Waals surface area contributed by atoms with Gasteiger partial charge in [0.25, 0.3) is 0 Å². The molecule has 1 aromatic heterocycles. The van der Waals surface area contributed by atoms with E-state index in [1.165, 1.54) is 12.1 Å². The maximum absolute atomic E-state index is 12.9. The van der Waals surface area contributed by atoms with Crippen molar-refractivity contribution < 1.29 is 4.39 Å². The van der Waals surface area contributed by atoms with Crippen LogP contribution in [0.25, 0.3) is 5.69 Å². The minimum absolute atomic E-state index is 0. The number of nitrogens with zero attached hydrogens (tertiary/aromatic N) is 2. The number of nitrogens with two attached hydrogens (primary N) is 1. The number of benzene rings is 1. The Morgan fingerprint density at radius 1 is 1.33 bits per heavy atom. The van der Waals surface area contributed by atoms with Crippen LogP contribution in [-0.4, -0.2) is 9.78 Å². The Bertz CT molecular complexity index is 442. The lowest BCUT2D eigenvalue weighted by Gasteiger charge is -2.00. The van der Waals surface area contributed by atoms with E-state index in [4.69, 9.17) is 5.73 Å². The third-order valence-corrected chi connectivity index (χ3v) is 1.93. The van der Waals surface area contributed by atoms with Gasteiger partial charge in [-0.15, -0.1) is 12.4 Å². The Hall–Kier alpha value is -1.39. The molecule has 2 rings (SSSR count). The van der Waals surface area contributed by atoms with Crippen LogP contribution < -0.4 is 5.73 Å². The van der Waals surface area contributed by atoms with Crippen LogP contribution in [0.4, 0.5) is 4.39 Å². The van der Waals surface area contributed by atoms with Gasteiger partial charge in [-0.2, -0.15) is 5.10 Å². The van der Waals surface area contributed by atoms with E-state index in [-0.39, 0.29) is 18.2 Å². The van der Waals surface area contributed by atoms with Crippen molar-refractivity contribution in [3.8, 4) is 5.69 Å². The molecule has 0 saturated carbocycles. The van der Waals surface area contributed by atoms with Gasteiger partial charge < -0.3 is 5.73 Å². The molecule has 15 heavy (non-hydrogen) atoms. The Balaban J connectivity index is 0.00000112. The van der Waals surface area contributed by atoms with Crippen molar-refractivity contribution in [3.63, 3.8) is 0 Å². The van der Waals surface area contributed by atoms with E-state index in [1.54, 1.807) is 23.0 Å². The van der Waals surface area contributed by atoms with Gasteiger partial charge in [-0.1, -0.05) is 6.07 Å². The topological polar surface area (TPSA) is 43.8 Å². The summed E-state index contributed by atoms with van der Waals surface area (Å²) in [5, 5.41) is 4.17. The largest absolute Gasteiger partial charge is 0.325 e. The van der Waals surface area contributed by atoms with E-state index >= 15 is 0 Å².